The van der Waals surface area contributed by atoms with Gasteiger partial charge < -0.3 is 20.5 Å². The Labute approximate surface area is 124 Å². The Morgan fingerprint density at radius 3 is 2.33 bits per heavy atom. The zero-order valence-electron chi connectivity index (χ0n) is 12.2. The van der Waals surface area contributed by atoms with E-state index in [0.29, 0.717) is 32.5 Å². The molecule has 1 aromatic rings. The van der Waals surface area contributed by atoms with Gasteiger partial charge in [-0.25, -0.2) is 4.79 Å². The lowest BCUT2D eigenvalue weighted by Gasteiger charge is -2.08. The second kappa shape index (κ2) is 9.63. The van der Waals surface area contributed by atoms with Crippen molar-refractivity contribution in [2.75, 3.05) is 19.7 Å². The lowest BCUT2D eigenvalue weighted by molar-refractivity contribution is -0.137. The van der Waals surface area contributed by atoms with Crippen LogP contribution in [0.1, 0.15) is 24.8 Å². The third-order valence-electron chi connectivity index (χ3n) is 2.75. The number of carboxylic acid groups (broad SMARTS) is 1. The maximum absolute atomic E-state index is 11.3. The van der Waals surface area contributed by atoms with E-state index in [0.717, 1.165) is 5.75 Å². The Hall–Kier alpha value is -2.24. The normalized spacial score (nSPS) is 9.95. The van der Waals surface area contributed by atoms with Crippen molar-refractivity contribution in [2.24, 2.45) is 0 Å². The first-order chi connectivity index (χ1) is 10.1. The molecule has 0 fully saturated rings. The molecule has 2 amide bonds. The number of aliphatic carboxylic acids is 1. The van der Waals surface area contributed by atoms with Crippen LogP contribution in [0.5, 0.6) is 5.75 Å². The first kappa shape index (κ1) is 16.8. The molecule has 0 saturated carbocycles. The Balaban J connectivity index is 1.99. The van der Waals surface area contributed by atoms with Crippen LogP contribution in [0.2, 0.25) is 0 Å². The second-order valence-electron chi connectivity index (χ2n) is 4.70. The fourth-order valence-corrected chi connectivity index (χ4v) is 1.60. The molecule has 116 valence electrons. The lowest BCUT2D eigenvalue weighted by atomic mass is 10.2. The summed E-state index contributed by atoms with van der Waals surface area (Å²) in [6.45, 7) is 3.42. The van der Waals surface area contributed by atoms with E-state index >= 15 is 0 Å². The van der Waals surface area contributed by atoms with Gasteiger partial charge in [0.1, 0.15) is 5.75 Å². The van der Waals surface area contributed by atoms with Gasteiger partial charge in [-0.05, 0) is 31.9 Å². The number of carboxylic acids is 1. The Morgan fingerprint density at radius 1 is 1.10 bits per heavy atom. The van der Waals surface area contributed by atoms with Crippen LogP contribution in [-0.2, 0) is 4.79 Å². The molecule has 0 aliphatic heterocycles. The molecule has 0 atom stereocenters. The summed E-state index contributed by atoms with van der Waals surface area (Å²) in [5.74, 6) is -0.0378. The van der Waals surface area contributed by atoms with Crippen LogP contribution in [0.4, 0.5) is 4.79 Å². The van der Waals surface area contributed by atoms with Gasteiger partial charge in [0.2, 0.25) is 0 Å². The second-order valence-corrected chi connectivity index (χ2v) is 4.70. The molecular formula is C15H22N2O4. The highest BCUT2D eigenvalue weighted by molar-refractivity contribution is 5.73. The fraction of sp³-hybridized carbons (Fsp3) is 0.467. The van der Waals surface area contributed by atoms with Gasteiger partial charge in [-0.1, -0.05) is 17.7 Å². The van der Waals surface area contributed by atoms with Crippen LogP contribution < -0.4 is 15.4 Å². The van der Waals surface area contributed by atoms with E-state index in [-0.39, 0.29) is 12.5 Å². The summed E-state index contributed by atoms with van der Waals surface area (Å²) in [6.07, 6.45) is 1.19. The van der Waals surface area contributed by atoms with Crippen molar-refractivity contribution in [1.82, 2.24) is 10.6 Å². The number of benzene rings is 1. The average molecular weight is 294 g/mol. The minimum absolute atomic E-state index is 0.0602. The summed E-state index contributed by atoms with van der Waals surface area (Å²) in [6, 6.07) is 7.52. The molecule has 0 heterocycles. The monoisotopic (exact) mass is 294 g/mol. The number of amides is 2. The zero-order chi connectivity index (χ0) is 15.5. The van der Waals surface area contributed by atoms with Crippen molar-refractivity contribution in [2.45, 2.75) is 26.2 Å². The predicted octanol–water partition coefficient (Wildman–Crippen LogP) is 1.93. The van der Waals surface area contributed by atoms with Crippen molar-refractivity contribution in [3.63, 3.8) is 0 Å². The van der Waals surface area contributed by atoms with Gasteiger partial charge in [-0.15, -0.1) is 0 Å². The minimum Gasteiger partial charge on any atom is -0.494 e. The molecule has 6 nitrogen and oxygen atoms in total. The molecule has 0 aromatic heterocycles. The largest absolute Gasteiger partial charge is 0.494 e. The summed E-state index contributed by atoms with van der Waals surface area (Å²) in [5.41, 5.74) is 1.18. The number of urea groups is 1. The van der Waals surface area contributed by atoms with Crippen molar-refractivity contribution < 1.29 is 19.4 Å². The number of ether oxygens (including phenoxy) is 1. The molecule has 6 heteroatoms. The zero-order valence-corrected chi connectivity index (χ0v) is 12.2. The number of rotatable bonds is 9. The number of hydrogen-bond donors (Lipinski definition) is 3. The summed E-state index contributed by atoms with van der Waals surface area (Å²) < 4.78 is 5.53. The van der Waals surface area contributed by atoms with Gasteiger partial charge in [0.15, 0.2) is 0 Å². The number of carbonyl (C=O) groups is 2. The molecule has 0 unspecified atom stereocenters. The highest BCUT2D eigenvalue weighted by Gasteiger charge is 2.00. The predicted molar refractivity (Wildman–Crippen MR) is 79.6 cm³/mol. The van der Waals surface area contributed by atoms with Gasteiger partial charge in [0.05, 0.1) is 6.61 Å². The van der Waals surface area contributed by atoms with Gasteiger partial charge in [0.25, 0.3) is 0 Å². The molecule has 0 aliphatic rings. The maximum Gasteiger partial charge on any atom is 0.314 e. The van der Waals surface area contributed by atoms with Gasteiger partial charge in [0, 0.05) is 19.5 Å². The highest BCUT2D eigenvalue weighted by atomic mass is 16.5. The molecule has 1 aromatic carbocycles. The number of aryl methyl sites for hydroxylation is 1. The molecule has 1 rings (SSSR count). The first-order valence-corrected chi connectivity index (χ1v) is 7.01. The summed E-state index contributed by atoms with van der Waals surface area (Å²) >= 11 is 0. The van der Waals surface area contributed by atoms with Crippen molar-refractivity contribution in [3.8, 4) is 5.75 Å². The Kier molecular flexibility index (Phi) is 7.71. The smallest absolute Gasteiger partial charge is 0.314 e. The third kappa shape index (κ3) is 8.52. The third-order valence-corrected chi connectivity index (χ3v) is 2.75. The van der Waals surface area contributed by atoms with Crippen LogP contribution in [0.3, 0.4) is 0 Å². The molecule has 3 N–H and O–H groups in total. The van der Waals surface area contributed by atoms with E-state index in [9.17, 15) is 9.59 Å². The van der Waals surface area contributed by atoms with Crippen LogP contribution in [0, 0.1) is 6.92 Å². The van der Waals surface area contributed by atoms with Crippen LogP contribution >= 0.6 is 0 Å². The molecule has 0 saturated heterocycles. The van der Waals surface area contributed by atoms with Gasteiger partial charge >= 0.3 is 12.0 Å². The summed E-state index contributed by atoms with van der Waals surface area (Å²) in [7, 11) is 0. The quantitative estimate of drug-likeness (QED) is 0.607. The highest BCUT2D eigenvalue weighted by Crippen LogP contribution is 2.11. The number of nitrogens with one attached hydrogen (secondary N) is 2. The maximum atomic E-state index is 11.3. The SMILES string of the molecule is Cc1ccc(OCCCNC(=O)NCCCC(=O)O)cc1. The molecule has 0 spiro atoms. The standard InChI is InChI=1S/C15H22N2O4/c1-12-5-7-13(8-6-12)21-11-3-10-17-15(20)16-9-2-4-14(18)19/h5-8H,2-4,9-11H2,1H3,(H,18,19)(H2,16,17,20). The van der Waals surface area contributed by atoms with Crippen molar-refractivity contribution >= 4 is 12.0 Å². The number of carbonyl (C=O) groups excluding carboxylic acids is 1. The molecule has 0 bridgehead atoms. The van der Waals surface area contributed by atoms with E-state index in [1.165, 1.54) is 5.56 Å². The van der Waals surface area contributed by atoms with Crippen LogP contribution in [-0.4, -0.2) is 36.8 Å². The first-order valence-electron chi connectivity index (χ1n) is 7.01. The van der Waals surface area contributed by atoms with E-state index in [2.05, 4.69) is 10.6 Å². The van der Waals surface area contributed by atoms with Crippen LogP contribution in [0.15, 0.2) is 24.3 Å². The Bertz CT molecular complexity index is 445. The summed E-state index contributed by atoms with van der Waals surface area (Å²) in [5, 5.41) is 13.7. The molecular weight excluding hydrogens is 272 g/mol. The lowest BCUT2D eigenvalue weighted by Crippen LogP contribution is -2.37. The van der Waals surface area contributed by atoms with E-state index in [1.54, 1.807) is 0 Å². The average Bonchev–Trinajstić information content (AvgIpc) is 2.45. The van der Waals surface area contributed by atoms with E-state index < -0.39 is 5.97 Å². The number of hydrogen-bond acceptors (Lipinski definition) is 3. The van der Waals surface area contributed by atoms with Crippen LogP contribution in [0.25, 0.3) is 0 Å². The fourth-order valence-electron chi connectivity index (χ4n) is 1.60. The van der Waals surface area contributed by atoms with Gasteiger partial charge in [-0.2, -0.15) is 0 Å². The van der Waals surface area contributed by atoms with Crippen molar-refractivity contribution in [1.29, 1.82) is 0 Å². The van der Waals surface area contributed by atoms with E-state index in [4.69, 9.17) is 9.84 Å². The van der Waals surface area contributed by atoms with Crippen molar-refractivity contribution in [3.05, 3.63) is 29.8 Å². The Morgan fingerprint density at radius 2 is 1.71 bits per heavy atom. The topological polar surface area (TPSA) is 87.7 Å². The minimum atomic E-state index is -0.856. The molecule has 0 radical (unpaired) electrons. The molecule has 21 heavy (non-hydrogen) atoms. The molecule has 0 aliphatic carbocycles. The summed E-state index contributed by atoms with van der Waals surface area (Å²) in [4.78, 5) is 21.6. The van der Waals surface area contributed by atoms with E-state index in [1.807, 2.05) is 31.2 Å². The van der Waals surface area contributed by atoms with Gasteiger partial charge in [-0.3, -0.25) is 4.79 Å².